The fraction of sp³-hybridized carbons (Fsp3) is 0.417. The first-order valence-electron chi connectivity index (χ1n) is 5.41. The van der Waals surface area contributed by atoms with Crippen molar-refractivity contribution in [1.82, 2.24) is 10.2 Å². The average molecular weight is 280 g/mol. The standard InChI is InChI=1S/C12H14BrN3/c13-12-7-10(1-2-11(12)8-14)9-16-5-3-15-4-6-16/h1-2,7,15H,3-6,9H2. The molecule has 16 heavy (non-hydrogen) atoms. The summed E-state index contributed by atoms with van der Waals surface area (Å²) < 4.78 is 0.891. The van der Waals surface area contributed by atoms with E-state index in [2.05, 4.69) is 32.2 Å². The third-order valence-electron chi connectivity index (χ3n) is 2.77. The second-order valence-electron chi connectivity index (χ2n) is 3.95. The first kappa shape index (κ1) is 11.6. The van der Waals surface area contributed by atoms with E-state index in [0.29, 0.717) is 5.56 Å². The van der Waals surface area contributed by atoms with Crippen LogP contribution in [-0.4, -0.2) is 31.1 Å². The van der Waals surface area contributed by atoms with Crippen LogP contribution in [0.5, 0.6) is 0 Å². The molecular weight excluding hydrogens is 266 g/mol. The first-order valence-corrected chi connectivity index (χ1v) is 6.20. The van der Waals surface area contributed by atoms with Crippen molar-refractivity contribution >= 4 is 15.9 Å². The van der Waals surface area contributed by atoms with Crippen LogP contribution in [0.25, 0.3) is 0 Å². The van der Waals surface area contributed by atoms with E-state index in [9.17, 15) is 0 Å². The van der Waals surface area contributed by atoms with Gasteiger partial charge < -0.3 is 5.32 Å². The van der Waals surface area contributed by atoms with E-state index in [1.165, 1.54) is 5.56 Å². The summed E-state index contributed by atoms with van der Waals surface area (Å²) in [6.45, 7) is 5.29. The Balaban J connectivity index is 2.04. The van der Waals surface area contributed by atoms with Crippen molar-refractivity contribution in [1.29, 1.82) is 5.26 Å². The van der Waals surface area contributed by atoms with Crippen molar-refractivity contribution in [2.24, 2.45) is 0 Å². The number of nitrogens with zero attached hydrogens (tertiary/aromatic N) is 2. The van der Waals surface area contributed by atoms with Gasteiger partial charge in [0.2, 0.25) is 0 Å². The fourth-order valence-electron chi connectivity index (χ4n) is 1.88. The Kier molecular flexibility index (Phi) is 3.94. The van der Waals surface area contributed by atoms with Crippen LogP contribution >= 0.6 is 15.9 Å². The third kappa shape index (κ3) is 2.82. The van der Waals surface area contributed by atoms with Gasteiger partial charge in [0.05, 0.1) is 5.56 Å². The minimum atomic E-state index is 0.698. The molecular formula is C12H14BrN3. The molecule has 1 saturated heterocycles. The van der Waals surface area contributed by atoms with E-state index in [4.69, 9.17) is 5.26 Å². The van der Waals surface area contributed by atoms with Gasteiger partial charge in [-0.05, 0) is 33.6 Å². The molecule has 0 atom stereocenters. The van der Waals surface area contributed by atoms with Crippen molar-refractivity contribution in [2.45, 2.75) is 6.54 Å². The maximum atomic E-state index is 8.83. The van der Waals surface area contributed by atoms with Crippen molar-refractivity contribution < 1.29 is 0 Å². The molecule has 0 radical (unpaired) electrons. The minimum Gasteiger partial charge on any atom is -0.314 e. The lowest BCUT2D eigenvalue weighted by Crippen LogP contribution is -2.42. The molecule has 1 aliphatic rings. The molecule has 3 nitrogen and oxygen atoms in total. The van der Waals surface area contributed by atoms with Gasteiger partial charge in [0.25, 0.3) is 0 Å². The predicted molar refractivity (Wildman–Crippen MR) is 67.0 cm³/mol. The van der Waals surface area contributed by atoms with Gasteiger partial charge in [-0.3, -0.25) is 4.90 Å². The smallest absolute Gasteiger partial charge is 0.100 e. The van der Waals surface area contributed by atoms with Crippen LogP contribution in [-0.2, 0) is 6.54 Å². The Hall–Kier alpha value is -0.890. The number of nitrogens with one attached hydrogen (secondary N) is 1. The Morgan fingerprint density at radius 3 is 2.75 bits per heavy atom. The molecule has 0 spiro atoms. The lowest BCUT2D eigenvalue weighted by Gasteiger charge is -2.27. The molecule has 2 rings (SSSR count). The molecule has 1 aromatic carbocycles. The van der Waals surface area contributed by atoms with Crippen LogP contribution in [0.3, 0.4) is 0 Å². The number of hydrogen-bond donors (Lipinski definition) is 1. The molecule has 1 N–H and O–H groups in total. The lowest BCUT2D eigenvalue weighted by atomic mass is 10.1. The maximum absolute atomic E-state index is 8.83. The lowest BCUT2D eigenvalue weighted by molar-refractivity contribution is 0.233. The van der Waals surface area contributed by atoms with Crippen LogP contribution in [0.2, 0.25) is 0 Å². The Morgan fingerprint density at radius 1 is 1.38 bits per heavy atom. The highest BCUT2D eigenvalue weighted by Gasteiger charge is 2.10. The number of piperazine rings is 1. The van der Waals surface area contributed by atoms with Crippen LogP contribution in [0.15, 0.2) is 22.7 Å². The van der Waals surface area contributed by atoms with Crippen molar-refractivity contribution in [3.8, 4) is 6.07 Å². The fourth-order valence-corrected chi connectivity index (χ4v) is 2.39. The first-order chi connectivity index (χ1) is 7.79. The molecule has 1 heterocycles. The second kappa shape index (κ2) is 5.44. The number of hydrogen-bond acceptors (Lipinski definition) is 3. The molecule has 0 aromatic heterocycles. The van der Waals surface area contributed by atoms with Crippen LogP contribution < -0.4 is 5.32 Å². The van der Waals surface area contributed by atoms with Gasteiger partial charge in [0.15, 0.2) is 0 Å². The molecule has 4 heteroatoms. The normalized spacial score (nSPS) is 17.0. The largest absolute Gasteiger partial charge is 0.314 e. The third-order valence-corrected chi connectivity index (χ3v) is 3.43. The minimum absolute atomic E-state index is 0.698. The van der Waals surface area contributed by atoms with Gasteiger partial charge in [-0.15, -0.1) is 0 Å². The highest BCUT2D eigenvalue weighted by molar-refractivity contribution is 9.10. The SMILES string of the molecule is N#Cc1ccc(CN2CCNCC2)cc1Br. The number of benzene rings is 1. The summed E-state index contributed by atoms with van der Waals surface area (Å²) in [7, 11) is 0. The zero-order valence-corrected chi connectivity index (χ0v) is 10.6. The molecule has 0 saturated carbocycles. The van der Waals surface area contributed by atoms with Gasteiger partial charge in [0.1, 0.15) is 6.07 Å². The summed E-state index contributed by atoms with van der Waals surface area (Å²) >= 11 is 3.42. The highest BCUT2D eigenvalue weighted by Crippen LogP contribution is 2.18. The van der Waals surface area contributed by atoms with Crippen molar-refractivity contribution in [3.63, 3.8) is 0 Å². The summed E-state index contributed by atoms with van der Waals surface area (Å²) in [5.41, 5.74) is 1.96. The van der Waals surface area contributed by atoms with E-state index in [1.807, 2.05) is 18.2 Å². The number of nitriles is 1. The highest BCUT2D eigenvalue weighted by atomic mass is 79.9. The topological polar surface area (TPSA) is 39.1 Å². The van der Waals surface area contributed by atoms with E-state index < -0.39 is 0 Å². The van der Waals surface area contributed by atoms with Gasteiger partial charge >= 0.3 is 0 Å². The Morgan fingerprint density at radius 2 is 2.12 bits per heavy atom. The molecule has 0 bridgehead atoms. The summed E-state index contributed by atoms with van der Waals surface area (Å²) in [5, 5.41) is 12.2. The number of rotatable bonds is 2. The summed E-state index contributed by atoms with van der Waals surface area (Å²) in [6, 6.07) is 8.11. The van der Waals surface area contributed by atoms with Crippen molar-refractivity contribution in [2.75, 3.05) is 26.2 Å². The van der Waals surface area contributed by atoms with Crippen molar-refractivity contribution in [3.05, 3.63) is 33.8 Å². The Labute approximate surface area is 104 Å². The molecule has 1 aromatic rings. The second-order valence-corrected chi connectivity index (χ2v) is 4.81. The van der Waals surface area contributed by atoms with Crippen LogP contribution in [0.1, 0.15) is 11.1 Å². The molecule has 1 aliphatic heterocycles. The number of halogens is 1. The zero-order chi connectivity index (χ0) is 11.4. The summed E-state index contributed by atoms with van der Waals surface area (Å²) in [6.07, 6.45) is 0. The van der Waals surface area contributed by atoms with E-state index in [1.54, 1.807) is 0 Å². The predicted octanol–water partition coefficient (Wildman–Crippen LogP) is 1.73. The molecule has 84 valence electrons. The van der Waals surface area contributed by atoms with E-state index >= 15 is 0 Å². The van der Waals surface area contributed by atoms with Gasteiger partial charge in [-0.1, -0.05) is 6.07 Å². The molecule has 0 amide bonds. The summed E-state index contributed by atoms with van der Waals surface area (Å²) in [4.78, 5) is 2.42. The van der Waals surface area contributed by atoms with E-state index in [0.717, 1.165) is 37.2 Å². The van der Waals surface area contributed by atoms with E-state index in [-0.39, 0.29) is 0 Å². The van der Waals surface area contributed by atoms with Gasteiger partial charge in [0, 0.05) is 37.2 Å². The van der Waals surface area contributed by atoms with Gasteiger partial charge in [-0.2, -0.15) is 5.26 Å². The monoisotopic (exact) mass is 279 g/mol. The maximum Gasteiger partial charge on any atom is 0.100 e. The molecule has 1 fully saturated rings. The van der Waals surface area contributed by atoms with Crippen LogP contribution in [0, 0.1) is 11.3 Å². The summed E-state index contributed by atoms with van der Waals surface area (Å²) in [5.74, 6) is 0. The quantitative estimate of drug-likeness (QED) is 0.896. The van der Waals surface area contributed by atoms with Crippen LogP contribution in [0.4, 0.5) is 0 Å². The van der Waals surface area contributed by atoms with Gasteiger partial charge in [-0.25, -0.2) is 0 Å². The molecule has 0 aliphatic carbocycles. The average Bonchev–Trinajstić information content (AvgIpc) is 2.31. The Bertz CT molecular complexity index is 405. The molecule has 0 unspecified atom stereocenters. The zero-order valence-electron chi connectivity index (χ0n) is 9.04.